The normalized spacial score (nSPS) is 16.7. The molecule has 0 fully saturated rings. The highest BCUT2D eigenvalue weighted by Crippen LogP contribution is 2.26. The number of hydrogen-bond donors (Lipinski definition) is 2. The molecule has 0 unspecified atom stereocenters. The molecule has 0 radical (unpaired) electrons. The monoisotopic (exact) mass is 388 g/mol. The van der Waals surface area contributed by atoms with Gasteiger partial charge in [0.1, 0.15) is 0 Å². The van der Waals surface area contributed by atoms with Gasteiger partial charge in [0.25, 0.3) is 5.22 Å². The molecule has 3 rings (SSSR count). The fraction of sp³-hybridized carbons (Fsp3) is 0.333. The van der Waals surface area contributed by atoms with Gasteiger partial charge in [-0.1, -0.05) is 29.5 Å². The summed E-state index contributed by atoms with van der Waals surface area (Å²) in [6.07, 6.45) is 0. The van der Waals surface area contributed by atoms with Gasteiger partial charge >= 0.3 is 12.0 Å². The van der Waals surface area contributed by atoms with Crippen LogP contribution in [0.1, 0.15) is 19.4 Å². The summed E-state index contributed by atoms with van der Waals surface area (Å²) < 4.78 is 10.8. The van der Waals surface area contributed by atoms with Crippen LogP contribution in [0, 0.1) is 6.92 Å². The molecule has 0 spiro atoms. The van der Waals surface area contributed by atoms with E-state index in [0.29, 0.717) is 28.1 Å². The van der Waals surface area contributed by atoms with Gasteiger partial charge in [-0.15, -0.1) is 10.2 Å². The number of aryl methyl sites for hydroxylation is 1. The van der Waals surface area contributed by atoms with Gasteiger partial charge in [0.2, 0.25) is 5.89 Å². The second kappa shape index (κ2) is 8.26. The molecule has 1 aromatic heterocycles. The van der Waals surface area contributed by atoms with Gasteiger partial charge in [-0.25, -0.2) is 9.59 Å². The van der Waals surface area contributed by atoms with Crippen LogP contribution in [0.4, 0.5) is 4.79 Å². The number of urea groups is 1. The average molecular weight is 388 g/mol. The van der Waals surface area contributed by atoms with E-state index in [4.69, 9.17) is 9.15 Å². The molecule has 0 saturated carbocycles. The molecule has 0 aliphatic carbocycles. The number of hydrogen-bond acceptors (Lipinski definition) is 7. The van der Waals surface area contributed by atoms with E-state index < -0.39 is 12.0 Å². The molecule has 0 saturated heterocycles. The van der Waals surface area contributed by atoms with Crippen molar-refractivity contribution in [3.05, 3.63) is 41.1 Å². The van der Waals surface area contributed by atoms with E-state index in [1.54, 1.807) is 13.8 Å². The third-order valence-corrected chi connectivity index (χ3v) is 4.72. The van der Waals surface area contributed by atoms with Gasteiger partial charge < -0.3 is 19.8 Å². The number of esters is 1. The molecule has 2 N–H and O–H groups in total. The molecule has 1 aliphatic heterocycles. The standard InChI is InChI=1S/C18H20N4O4S/c1-4-25-16(23)14-11(3)19-17(24)20-13(14)9-27-18-22-21-15(26-18)12-7-5-6-10(2)8-12/h5-8,11H,4,9H2,1-3H3,(H2,19,20,24)/t11-/m0/s1. The van der Waals surface area contributed by atoms with Gasteiger partial charge in [-0.05, 0) is 32.9 Å². The maximum atomic E-state index is 12.2. The molecule has 2 heterocycles. The summed E-state index contributed by atoms with van der Waals surface area (Å²) in [4.78, 5) is 24.0. The van der Waals surface area contributed by atoms with Crippen LogP contribution in [-0.4, -0.2) is 40.6 Å². The predicted molar refractivity (Wildman–Crippen MR) is 100.0 cm³/mol. The van der Waals surface area contributed by atoms with Gasteiger partial charge in [-0.2, -0.15) is 0 Å². The lowest BCUT2D eigenvalue weighted by atomic mass is 10.1. The van der Waals surface area contributed by atoms with Crippen molar-refractivity contribution in [2.75, 3.05) is 12.4 Å². The fourth-order valence-corrected chi connectivity index (χ4v) is 3.42. The van der Waals surface area contributed by atoms with Crippen molar-refractivity contribution in [2.45, 2.75) is 32.0 Å². The first-order chi connectivity index (χ1) is 13.0. The molecule has 2 amide bonds. The minimum Gasteiger partial charge on any atom is -0.463 e. The summed E-state index contributed by atoms with van der Waals surface area (Å²) in [5, 5.41) is 13.8. The number of thioether (sulfide) groups is 1. The van der Waals surface area contributed by atoms with Crippen LogP contribution in [0.3, 0.4) is 0 Å². The number of aromatic nitrogens is 2. The first-order valence-corrected chi connectivity index (χ1v) is 9.47. The SMILES string of the molecule is CCOC(=O)C1=C(CSc2nnc(-c3cccc(C)c3)o2)NC(=O)N[C@H]1C. The van der Waals surface area contributed by atoms with Crippen molar-refractivity contribution in [1.82, 2.24) is 20.8 Å². The molecule has 0 bridgehead atoms. The van der Waals surface area contributed by atoms with Crippen LogP contribution >= 0.6 is 11.8 Å². The highest BCUT2D eigenvalue weighted by Gasteiger charge is 2.29. The van der Waals surface area contributed by atoms with Crippen LogP contribution in [0.5, 0.6) is 0 Å². The average Bonchev–Trinajstić information content (AvgIpc) is 3.08. The highest BCUT2D eigenvalue weighted by molar-refractivity contribution is 7.99. The Balaban J connectivity index is 1.77. The van der Waals surface area contributed by atoms with E-state index in [1.165, 1.54) is 11.8 Å². The number of rotatable bonds is 6. The Kier molecular flexibility index (Phi) is 5.80. The van der Waals surface area contributed by atoms with Crippen molar-refractivity contribution >= 4 is 23.8 Å². The summed E-state index contributed by atoms with van der Waals surface area (Å²) in [7, 11) is 0. The van der Waals surface area contributed by atoms with E-state index in [0.717, 1.165) is 11.1 Å². The molecular formula is C18H20N4O4S. The topological polar surface area (TPSA) is 106 Å². The van der Waals surface area contributed by atoms with Crippen molar-refractivity contribution in [1.29, 1.82) is 0 Å². The lowest BCUT2D eigenvalue weighted by molar-refractivity contribution is -0.138. The quantitative estimate of drug-likeness (QED) is 0.579. The molecule has 2 aromatic rings. The Morgan fingerprint density at radius 2 is 2.19 bits per heavy atom. The van der Waals surface area contributed by atoms with Gasteiger partial charge in [0.15, 0.2) is 0 Å². The number of nitrogens with one attached hydrogen (secondary N) is 2. The van der Waals surface area contributed by atoms with Gasteiger partial charge in [0, 0.05) is 17.0 Å². The van der Waals surface area contributed by atoms with E-state index in [-0.39, 0.29) is 12.6 Å². The van der Waals surface area contributed by atoms with Crippen molar-refractivity contribution < 1.29 is 18.7 Å². The zero-order valence-electron chi connectivity index (χ0n) is 15.2. The molecule has 142 valence electrons. The smallest absolute Gasteiger partial charge is 0.337 e. The zero-order chi connectivity index (χ0) is 19.4. The Morgan fingerprint density at radius 3 is 2.93 bits per heavy atom. The third kappa shape index (κ3) is 4.48. The zero-order valence-corrected chi connectivity index (χ0v) is 16.1. The number of benzene rings is 1. The molecule has 1 aliphatic rings. The summed E-state index contributed by atoms with van der Waals surface area (Å²) in [5.41, 5.74) is 2.80. The van der Waals surface area contributed by atoms with E-state index in [2.05, 4.69) is 20.8 Å². The Morgan fingerprint density at radius 1 is 1.37 bits per heavy atom. The van der Waals surface area contributed by atoms with Gasteiger partial charge in [0.05, 0.1) is 18.2 Å². The molecule has 8 nitrogen and oxygen atoms in total. The third-order valence-electron chi connectivity index (χ3n) is 3.88. The molecular weight excluding hydrogens is 368 g/mol. The van der Waals surface area contributed by atoms with Crippen LogP contribution in [0.25, 0.3) is 11.5 Å². The lowest BCUT2D eigenvalue weighted by Gasteiger charge is -2.26. The van der Waals surface area contributed by atoms with Crippen molar-refractivity contribution in [3.63, 3.8) is 0 Å². The Hall–Kier alpha value is -2.81. The lowest BCUT2D eigenvalue weighted by Crippen LogP contribution is -2.49. The largest absolute Gasteiger partial charge is 0.463 e. The first-order valence-electron chi connectivity index (χ1n) is 8.49. The van der Waals surface area contributed by atoms with Crippen LogP contribution in [-0.2, 0) is 9.53 Å². The maximum Gasteiger partial charge on any atom is 0.337 e. The summed E-state index contributed by atoms with van der Waals surface area (Å²) in [5.74, 6) is 0.254. The minimum absolute atomic E-state index is 0.257. The number of carbonyl (C=O) groups is 2. The highest BCUT2D eigenvalue weighted by atomic mass is 32.2. The van der Waals surface area contributed by atoms with Crippen LogP contribution in [0.15, 0.2) is 45.2 Å². The maximum absolute atomic E-state index is 12.2. The van der Waals surface area contributed by atoms with Crippen LogP contribution in [0.2, 0.25) is 0 Å². The number of nitrogens with zero attached hydrogens (tertiary/aromatic N) is 2. The Labute approximate surface area is 160 Å². The second-order valence-corrected chi connectivity index (χ2v) is 6.89. The second-order valence-electron chi connectivity index (χ2n) is 5.96. The fourth-order valence-electron chi connectivity index (χ4n) is 2.69. The van der Waals surface area contributed by atoms with E-state index in [1.807, 2.05) is 31.2 Å². The van der Waals surface area contributed by atoms with Crippen molar-refractivity contribution in [3.8, 4) is 11.5 Å². The summed E-state index contributed by atoms with van der Waals surface area (Å²) in [6.45, 7) is 5.71. The molecule has 1 aromatic carbocycles. The first kappa shape index (κ1) is 19.0. The number of ether oxygens (including phenoxy) is 1. The van der Waals surface area contributed by atoms with Crippen molar-refractivity contribution in [2.24, 2.45) is 0 Å². The number of carbonyl (C=O) groups excluding carboxylic acids is 2. The van der Waals surface area contributed by atoms with Crippen LogP contribution < -0.4 is 10.6 Å². The molecule has 27 heavy (non-hydrogen) atoms. The predicted octanol–water partition coefficient (Wildman–Crippen LogP) is 2.66. The Bertz CT molecular complexity index is 893. The van der Waals surface area contributed by atoms with E-state index in [9.17, 15) is 9.59 Å². The molecule has 1 atom stereocenters. The summed E-state index contributed by atoms with van der Waals surface area (Å²) >= 11 is 1.24. The summed E-state index contributed by atoms with van der Waals surface area (Å²) in [6, 6.07) is 6.95. The number of amides is 2. The molecule has 9 heteroatoms. The van der Waals surface area contributed by atoms with Gasteiger partial charge in [-0.3, -0.25) is 0 Å². The minimum atomic E-state index is -0.459. The van der Waals surface area contributed by atoms with E-state index >= 15 is 0 Å².